The van der Waals surface area contributed by atoms with Crippen LogP contribution in [-0.2, 0) is 0 Å². The number of hydrogen-bond acceptors (Lipinski definition) is 1. The van der Waals surface area contributed by atoms with Crippen LogP contribution in [0.2, 0.25) is 10.0 Å². The van der Waals surface area contributed by atoms with Crippen molar-refractivity contribution < 1.29 is 0 Å². The van der Waals surface area contributed by atoms with Gasteiger partial charge in [-0.2, -0.15) is 0 Å². The van der Waals surface area contributed by atoms with E-state index in [0.29, 0.717) is 17.1 Å². The fourth-order valence-electron chi connectivity index (χ4n) is 2.95. The van der Waals surface area contributed by atoms with Crippen molar-refractivity contribution in [1.29, 1.82) is 0 Å². The average Bonchev–Trinajstić information content (AvgIpc) is 2.33. The van der Waals surface area contributed by atoms with E-state index in [9.17, 15) is 0 Å². The van der Waals surface area contributed by atoms with Gasteiger partial charge in [0.05, 0.1) is 10.7 Å². The summed E-state index contributed by atoms with van der Waals surface area (Å²) in [6, 6.07) is 6.92. The Morgan fingerprint density at radius 2 is 1.78 bits per heavy atom. The molecule has 0 aliphatic heterocycles. The highest BCUT2D eigenvalue weighted by Crippen LogP contribution is 2.35. The number of benzene rings is 1. The first-order valence-corrected chi connectivity index (χ1v) is 7.58. The second-order valence-corrected chi connectivity index (χ2v) is 6.23. The predicted molar refractivity (Wildman–Crippen MR) is 81.0 cm³/mol. The molecule has 0 heterocycles. The third-order valence-corrected chi connectivity index (χ3v) is 4.25. The highest BCUT2D eigenvalue weighted by atomic mass is 35.5. The van der Waals surface area contributed by atoms with Gasteiger partial charge in [0.15, 0.2) is 0 Å². The van der Waals surface area contributed by atoms with Crippen LogP contribution in [0.3, 0.4) is 0 Å². The fraction of sp³-hybridized carbons (Fsp3) is 0.600. The summed E-state index contributed by atoms with van der Waals surface area (Å²) < 4.78 is 0. The first-order chi connectivity index (χ1) is 8.59. The Morgan fingerprint density at radius 1 is 1.11 bits per heavy atom. The van der Waals surface area contributed by atoms with E-state index in [1.165, 1.54) is 32.1 Å². The van der Waals surface area contributed by atoms with Gasteiger partial charge in [-0.3, -0.25) is 0 Å². The average molecular weight is 286 g/mol. The molecule has 1 aliphatic carbocycles. The van der Waals surface area contributed by atoms with Gasteiger partial charge in [-0.25, -0.2) is 0 Å². The largest absolute Gasteiger partial charge is 0.365 e. The minimum atomic E-state index is 0.465. The highest BCUT2D eigenvalue weighted by Gasteiger charge is 2.25. The normalized spacial score (nSPS) is 17.2. The van der Waals surface area contributed by atoms with Crippen LogP contribution < -0.4 is 4.90 Å². The van der Waals surface area contributed by atoms with Crippen LogP contribution in [-0.4, -0.2) is 12.1 Å². The van der Waals surface area contributed by atoms with Crippen LogP contribution in [0.5, 0.6) is 0 Å². The Labute approximate surface area is 120 Å². The lowest BCUT2D eigenvalue weighted by Gasteiger charge is -2.39. The second-order valence-electron chi connectivity index (χ2n) is 5.39. The Balaban J connectivity index is 2.28. The van der Waals surface area contributed by atoms with E-state index < -0.39 is 0 Å². The van der Waals surface area contributed by atoms with Crippen molar-refractivity contribution >= 4 is 28.9 Å². The summed E-state index contributed by atoms with van der Waals surface area (Å²) in [7, 11) is 0. The molecule has 0 aromatic heterocycles. The highest BCUT2D eigenvalue weighted by molar-refractivity contribution is 6.36. The zero-order valence-electron chi connectivity index (χ0n) is 11.1. The second kappa shape index (κ2) is 6.16. The number of anilines is 1. The third-order valence-electron chi connectivity index (χ3n) is 3.71. The molecule has 1 nitrogen and oxygen atoms in total. The van der Waals surface area contributed by atoms with Crippen molar-refractivity contribution in [3.63, 3.8) is 0 Å². The molecule has 1 fully saturated rings. The molecule has 1 saturated carbocycles. The van der Waals surface area contributed by atoms with E-state index >= 15 is 0 Å². The molecule has 0 radical (unpaired) electrons. The zero-order valence-corrected chi connectivity index (χ0v) is 12.6. The Hall–Kier alpha value is -0.400. The van der Waals surface area contributed by atoms with Gasteiger partial charge in [0.2, 0.25) is 0 Å². The van der Waals surface area contributed by atoms with Gasteiger partial charge < -0.3 is 4.90 Å². The third kappa shape index (κ3) is 3.13. The van der Waals surface area contributed by atoms with Crippen molar-refractivity contribution in [2.24, 2.45) is 0 Å². The van der Waals surface area contributed by atoms with Crippen LogP contribution >= 0.6 is 23.2 Å². The first kappa shape index (κ1) is 14.0. The molecule has 18 heavy (non-hydrogen) atoms. The number of nitrogens with zero attached hydrogens (tertiary/aromatic N) is 1. The SMILES string of the molecule is CC(C)N(c1ccc(Cl)cc1Cl)C1CCCCC1. The molecule has 1 aliphatic rings. The van der Waals surface area contributed by atoms with Gasteiger partial charge >= 0.3 is 0 Å². The van der Waals surface area contributed by atoms with Crippen LogP contribution in [0.1, 0.15) is 46.0 Å². The molecule has 0 amide bonds. The topological polar surface area (TPSA) is 3.24 Å². The van der Waals surface area contributed by atoms with Crippen LogP contribution in [0.25, 0.3) is 0 Å². The summed E-state index contributed by atoms with van der Waals surface area (Å²) >= 11 is 12.3. The van der Waals surface area contributed by atoms with Crippen LogP contribution in [0, 0.1) is 0 Å². The lowest BCUT2D eigenvalue weighted by atomic mass is 9.93. The molecule has 3 heteroatoms. The Morgan fingerprint density at radius 3 is 2.33 bits per heavy atom. The van der Waals surface area contributed by atoms with Crippen molar-refractivity contribution in [3.05, 3.63) is 28.2 Å². The fourth-order valence-corrected chi connectivity index (χ4v) is 3.45. The number of rotatable bonds is 3. The van der Waals surface area contributed by atoms with E-state index in [1.54, 1.807) is 0 Å². The van der Waals surface area contributed by atoms with Gasteiger partial charge in [0.25, 0.3) is 0 Å². The molecule has 1 aromatic carbocycles. The summed E-state index contributed by atoms with van der Waals surface area (Å²) in [4.78, 5) is 2.47. The maximum absolute atomic E-state index is 6.36. The smallest absolute Gasteiger partial charge is 0.0654 e. The monoisotopic (exact) mass is 285 g/mol. The van der Waals surface area contributed by atoms with Gasteiger partial charge in [0, 0.05) is 17.1 Å². The molecule has 0 N–H and O–H groups in total. The molecular weight excluding hydrogens is 265 g/mol. The maximum Gasteiger partial charge on any atom is 0.0654 e. The summed E-state index contributed by atoms with van der Waals surface area (Å²) in [6.07, 6.45) is 6.59. The Bertz CT molecular complexity index is 397. The minimum absolute atomic E-state index is 0.465. The molecule has 0 saturated heterocycles. The Kier molecular flexibility index (Phi) is 4.80. The molecule has 2 rings (SSSR count). The number of halogens is 2. The molecule has 0 spiro atoms. The minimum Gasteiger partial charge on any atom is -0.365 e. The molecule has 1 aromatic rings. The quantitative estimate of drug-likeness (QED) is 0.705. The lowest BCUT2D eigenvalue weighted by molar-refractivity contribution is 0.398. The summed E-state index contributed by atoms with van der Waals surface area (Å²) in [6.45, 7) is 4.47. The van der Waals surface area contributed by atoms with Crippen LogP contribution in [0.4, 0.5) is 5.69 Å². The zero-order chi connectivity index (χ0) is 13.1. The summed E-state index contributed by atoms with van der Waals surface area (Å²) in [5.74, 6) is 0. The summed E-state index contributed by atoms with van der Waals surface area (Å²) in [5, 5.41) is 1.47. The van der Waals surface area contributed by atoms with Crippen molar-refractivity contribution in [2.75, 3.05) is 4.90 Å². The van der Waals surface area contributed by atoms with Gasteiger partial charge in [-0.05, 0) is 44.9 Å². The molecule has 100 valence electrons. The van der Waals surface area contributed by atoms with Crippen LogP contribution in [0.15, 0.2) is 18.2 Å². The number of hydrogen-bond donors (Lipinski definition) is 0. The first-order valence-electron chi connectivity index (χ1n) is 6.83. The molecule has 0 atom stereocenters. The van der Waals surface area contributed by atoms with E-state index in [-0.39, 0.29) is 0 Å². The van der Waals surface area contributed by atoms with E-state index in [4.69, 9.17) is 23.2 Å². The van der Waals surface area contributed by atoms with E-state index in [2.05, 4.69) is 24.8 Å². The molecule has 0 unspecified atom stereocenters. The maximum atomic E-state index is 6.36. The van der Waals surface area contributed by atoms with Crippen molar-refractivity contribution in [3.8, 4) is 0 Å². The van der Waals surface area contributed by atoms with Crippen molar-refractivity contribution in [2.45, 2.75) is 58.0 Å². The van der Waals surface area contributed by atoms with Gasteiger partial charge in [0.1, 0.15) is 0 Å². The molecule has 0 bridgehead atoms. The van der Waals surface area contributed by atoms with Crippen molar-refractivity contribution in [1.82, 2.24) is 0 Å². The summed E-state index contributed by atoms with van der Waals surface area (Å²) in [5.41, 5.74) is 1.13. The van der Waals surface area contributed by atoms with Gasteiger partial charge in [-0.1, -0.05) is 42.5 Å². The standard InChI is InChI=1S/C15H21Cl2N/c1-11(2)18(13-6-4-3-5-7-13)15-9-8-12(16)10-14(15)17/h8-11,13H,3-7H2,1-2H3. The lowest BCUT2D eigenvalue weighted by Crippen LogP contribution is -2.41. The molecular formula is C15H21Cl2N. The van der Waals surface area contributed by atoms with E-state index in [1.807, 2.05) is 12.1 Å². The van der Waals surface area contributed by atoms with E-state index in [0.717, 1.165) is 10.7 Å². The van der Waals surface area contributed by atoms with Gasteiger partial charge in [-0.15, -0.1) is 0 Å². The predicted octanol–water partition coefficient (Wildman–Crippen LogP) is 5.54.